The average molecular weight is 318 g/mol. The summed E-state index contributed by atoms with van der Waals surface area (Å²) in [4.78, 5) is 10.9. The Bertz CT molecular complexity index is 791. The SMILES string of the molecule is CC(=O)Oc1ccc(-c2ccc(OCc3ccccc3)cc2)cc1. The second-order valence-corrected chi connectivity index (χ2v) is 5.42. The molecular weight excluding hydrogens is 300 g/mol. The van der Waals surface area contributed by atoms with Crippen molar-refractivity contribution >= 4 is 5.97 Å². The molecule has 0 aromatic heterocycles. The maximum absolute atomic E-state index is 10.9. The molecule has 0 aliphatic carbocycles. The van der Waals surface area contributed by atoms with Crippen LogP contribution in [0.1, 0.15) is 12.5 Å². The van der Waals surface area contributed by atoms with Gasteiger partial charge in [0.05, 0.1) is 0 Å². The van der Waals surface area contributed by atoms with E-state index in [2.05, 4.69) is 0 Å². The van der Waals surface area contributed by atoms with E-state index in [1.54, 1.807) is 12.1 Å². The minimum absolute atomic E-state index is 0.317. The molecule has 0 radical (unpaired) electrons. The summed E-state index contributed by atoms with van der Waals surface area (Å²) in [6.45, 7) is 1.94. The lowest BCUT2D eigenvalue weighted by Gasteiger charge is -2.08. The Kier molecular flexibility index (Phi) is 4.92. The van der Waals surface area contributed by atoms with E-state index in [0.717, 1.165) is 22.4 Å². The highest BCUT2D eigenvalue weighted by Crippen LogP contribution is 2.25. The third kappa shape index (κ3) is 4.23. The van der Waals surface area contributed by atoms with Gasteiger partial charge >= 0.3 is 5.97 Å². The van der Waals surface area contributed by atoms with Crippen molar-refractivity contribution in [3.8, 4) is 22.6 Å². The van der Waals surface area contributed by atoms with Gasteiger partial charge in [-0.2, -0.15) is 0 Å². The standard InChI is InChI=1S/C21H18O3/c1-16(22)24-21-13-9-19(10-14-21)18-7-11-20(12-8-18)23-15-17-5-3-2-4-6-17/h2-14H,15H2,1H3. The first-order valence-corrected chi connectivity index (χ1v) is 7.76. The molecular formula is C21H18O3. The molecule has 120 valence electrons. The molecule has 0 saturated carbocycles. The average Bonchev–Trinajstić information content (AvgIpc) is 2.62. The van der Waals surface area contributed by atoms with Crippen LogP contribution >= 0.6 is 0 Å². The molecule has 0 saturated heterocycles. The Labute approximate surface area is 141 Å². The van der Waals surface area contributed by atoms with Gasteiger partial charge in [0.2, 0.25) is 0 Å². The molecule has 0 unspecified atom stereocenters. The summed E-state index contributed by atoms with van der Waals surface area (Å²) in [5, 5.41) is 0. The molecule has 3 aromatic carbocycles. The van der Waals surface area contributed by atoms with E-state index in [4.69, 9.17) is 9.47 Å². The van der Waals surface area contributed by atoms with Crippen LogP contribution in [-0.4, -0.2) is 5.97 Å². The summed E-state index contributed by atoms with van der Waals surface area (Å²) in [5.74, 6) is 1.07. The first-order valence-electron chi connectivity index (χ1n) is 7.76. The van der Waals surface area contributed by atoms with Crippen LogP contribution in [0.15, 0.2) is 78.9 Å². The Morgan fingerprint density at radius 3 is 1.83 bits per heavy atom. The molecule has 0 atom stereocenters. The van der Waals surface area contributed by atoms with Crippen LogP contribution in [0.5, 0.6) is 11.5 Å². The third-order valence-corrected chi connectivity index (χ3v) is 3.55. The fourth-order valence-electron chi connectivity index (χ4n) is 2.37. The van der Waals surface area contributed by atoms with E-state index in [1.807, 2.05) is 66.7 Å². The normalized spacial score (nSPS) is 10.2. The van der Waals surface area contributed by atoms with Gasteiger partial charge in [-0.05, 0) is 41.0 Å². The van der Waals surface area contributed by atoms with Crippen LogP contribution < -0.4 is 9.47 Å². The van der Waals surface area contributed by atoms with Gasteiger partial charge in [-0.15, -0.1) is 0 Å². The minimum atomic E-state index is -0.317. The molecule has 0 N–H and O–H groups in total. The van der Waals surface area contributed by atoms with Crippen molar-refractivity contribution in [1.82, 2.24) is 0 Å². The molecule has 3 rings (SSSR count). The molecule has 3 heteroatoms. The first kappa shape index (κ1) is 15.8. The fraction of sp³-hybridized carbons (Fsp3) is 0.0952. The van der Waals surface area contributed by atoms with Crippen LogP contribution in [0.25, 0.3) is 11.1 Å². The second-order valence-electron chi connectivity index (χ2n) is 5.42. The number of hydrogen-bond donors (Lipinski definition) is 0. The van der Waals surface area contributed by atoms with E-state index in [1.165, 1.54) is 6.92 Å². The van der Waals surface area contributed by atoms with Crippen molar-refractivity contribution in [2.24, 2.45) is 0 Å². The summed E-state index contributed by atoms with van der Waals surface area (Å²) in [6, 6.07) is 25.5. The number of carbonyl (C=O) groups is 1. The highest BCUT2D eigenvalue weighted by Gasteiger charge is 2.02. The predicted molar refractivity (Wildman–Crippen MR) is 94.0 cm³/mol. The van der Waals surface area contributed by atoms with Gasteiger partial charge in [0.15, 0.2) is 0 Å². The summed E-state index contributed by atoms with van der Waals surface area (Å²) in [6.07, 6.45) is 0. The molecule has 0 amide bonds. The fourth-order valence-corrected chi connectivity index (χ4v) is 2.37. The second kappa shape index (κ2) is 7.47. The molecule has 0 heterocycles. The maximum atomic E-state index is 10.9. The van der Waals surface area contributed by atoms with Gasteiger partial charge in [0, 0.05) is 6.92 Å². The lowest BCUT2D eigenvalue weighted by atomic mass is 10.1. The summed E-state index contributed by atoms with van der Waals surface area (Å²) >= 11 is 0. The quantitative estimate of drug-likeness (QED) is 0.498. The zero-order valence-corrected chi connectivity index (χ0v) is 13.4. The molecule has 3 nitrogen and oxygen atoms in total. The van der Waals surface area contributed by atoms with Crippen LogP contribution in [0.4, 0.5) is 0 Å². The van der Waals surface area contributed by atoms with Crippen molar-refractivity contribution in [3.63, 3.8) is 0 Å². The van der Waals surface area contributed by atoms with Gasteiger partial charge < -0.3 is 9.47 Å². The van der Waals surface area contributed by atoms with Gasteiger partial charge in [0.1, 0.15) is 18.1 Å². The lowest BCUT2D eigenvalue weighted by Crippen LogP contribution is -2.00. The molecule has 3 aromatic rings. The van der Waals surface area contributed by atoms with E-state index in [-0.39, 0.29) is 5.97 Å². The zero-order chi connectivity index (χ0) is 16.8. The third-order valence-electron chi connectivity index (χ3n) is 3.55. The predicted octanol–water partition coefficient (Wildman–Crippen LogP) is 4.86. The van der Waals surface area contributed by atoms with Gasteiger partial charge in [0.25, 0.3) is 0 Å². The Hall–Kier alpha value is -3.07. The summed E-state index contributed by atoms with van der Waals surface area (Å²) < 4.78 is 10.8. The molecule has 0 aliphatic heterocycles. The van der Waals surface area contributed by atoms with Crippen molar-refractivity contribution in [3.05, 3.63) is 84.4 Å². The number of benzene rings is 3. The van der Waals surface area contributed by atoms with Crippen LogP contribution in [0, 0.1) is 0 Å². The number of ether oxygens (including phenoxy) is 2. The van der Waals surface area contributed by atoms with Crippen molar-refractivity contribution in [2.45, 2.75) is 13.5 Å². The molecule has 0 fully saturated rings. The van der Waals surface area contributed by atoms with Crippen molar-refractivity contribution in [2.75, 3.05) is 0 Å². The zero-order valence-electron chi connectivity index (χ0n) is 13.4. The van der Waals surface area contributed by atoms with E-state index >= 15 is 0 Å². The number of carbonyl (C=O) groups excluding carboxylic acids is 1. The smallest absolute Gasteiger partial charge is 0.308 e. The van der Waals surface area contributed by atoms with E-state index in [9.17, 15) is 4.79 Å². The van der Waals surface area contributed by atoms with Gasteiger partial charge in [-0.3, -0.25) is 4.79 Å². The Balaban J connectivity index is 1.64. The largest absolute Gasteiger partial charge is 0.489 e. The molecule has 0 spiro atoms. The topological polar surface area (TPSA) is 35.5 Å². The minimum Gasteiger partial charge on any atom is -0.489 e. The molecule has 0 bridgehead atoms. The van der Waals surface area contributed by atoms with Crippen molar-refractivity contribution < 1.29 is 14.3 Å². The molecule has 0 aliphatic rings. The highest BCUT2D eigenvalue weighted by molar-refractivity contribution is 5.70. The number of rotatable bonds is 5. The van der Waals surface area contributed by atoms with Gasteiger partial charge in [-0.25, -0.2) is 0 Å². The summed E-state index contributed by atoms with van der Waals surface area (Å²) in [7, 11) is 0. The number of hydrogen-bond acceptors (Lipinski definition) is 3. The lowest BCUT2D eigenvalue weighted by molar-refractivity contribution is -0.131. The van der Waals surface area contributed by atoms with E-state index < -0.39 is 0 Å². The van der Waals surface area contributed by atoms with Crippen molar-refractivity contribution in [1.29, 1.82) is 0 Å². The number of esters is 1. The first-order chi connectivity index (χ1) is 11.7. The van der Waals surface area contributed by atoms with Crippen LogP contribution in [0.2, 0.25) is 0 Å². The van der Waals surface area contributed by atoms with Gasteiger partial charge in [-0.1, -0.05) is 54.6 Å². The highest BCUT2D eigenvalue weighted by atomic mass is 16.5. The summed E-state index contributed by atoms with van der Waals surface area (Å²) in [5.41, 5.74) is 3.28. The van der Waals surface area contributed by atoms with E-state index in [0.29, 0.717) is 12.4 Å². The molecule has 24 heavy (non-hydrogen) atoms. The monoisotopic (exact) mass is 318 g/mol. The van der Waals surface area contributed by atoms with Crippen LogP contribution in [-0.2, 0) is 11.4 Å². The maximum Gasteiger partial charge on any atom is 0.308 e. The Morgan fingerprint density at radius 1 is 0.750 bits per heavy atom. The Morgan fingerprint density at radius 2 is 1.29 bits per heavy atom. The van der Waals surface area contributed by atoms with Crippen LogP contribution in [0.3, 0.4) is 0 Å².